The second-order valence-corrected chi connectivity index (χ2v) is 21.0. The van der Waals surface area contributed by atoms with Crippen molar-refractivity contribution in [2.45, 2.75) is 353 Å². The summed E-state index contributed by atoms with van der Waals surface area (Å²) in [6, 6.07) is -0.562. The topological polar surface area (TPSA) is 95.9 Å². The SMILES string of the molecule is CCCCCCCCCCCCCCCCCCCCCCCC(O)C(CO)NC(=O)CCCCCCC/C=C\CCCCOC(=O)CCCCCCCCCCCCCCCCCCCC. The number of amides is 1. The van der Waals surface area contributed by atoms with Crippen LogP contribution in [-0.4, -0.2) is 47.4 Å². The quantitative estimate of drug-likeness (QED) is 0.0321. The highest BCUT2D eigenvalue weighted by atomic mass is 16.5. The highest BCUT2D eigenvalue weighted by Gasteiger charge is 2.20. The van der Waals surface area contributed by atoms with Gasteiger partial charge in [0.1, 0.15) is 0 Å². The van der Waals surface area contributed by atoms with E-state index in [0.29, 0.717) is 25.9 Å². The van der Waals surface area contributed by atoms with E-state index in [0.717, 1.165) is 77.0 Å². The second kappa shape index (κ2) is 57.2. The molecule has 0 heterocycles. The lowest BCUT2D eigenvalue weighted by Crippen LogP contribution is -2.45. The molecule has 0 aromatic carbocycles. The Kier molecular flexibility index (Phi) is 56.0. The molecule has 398 valence electrons. The van der Waals surface area contributed by atoms with Gasteiger partial charge in [-0.15, -0.1) is 0 Å². The van der Waals surface area contributed by atoms with E-state index in [1.807, 2.05) is 0 Å². The van der Waals surface area contributed by atoms with Gasteiger partial charge in [0.15, 0.2) is 0 Å². The Morgan fingerprint density at radius 3 is 1.06 bits per heavy atom. The third kappa shape index (κ3) is 53.8. The molecule has 0 saturated heterocycles. The van der Waals surface area contributed by atoms with Crippen LogP contribution in [0.2, 0.25) is 0 Å². The normalized spacial score (nSPS) is 12.6. The molecule has 0 aromatic heterocycles. The maximum Gasteiger partial charge on any atom is 0.305 e. The number of hydrogen-bond acceptors (Lipinski definition) is 5. The molecule has 6 nitrogen and oxygen atoms in total. The molecule has 0 spiro atoms. The van der Waals surface area contributed by atoms with Gasteiger partial charge in [-0.3, -0.25) is 9.59 Å². The number of nitrogens with one attached hydrogen (secondary N) is 1. The number of esters is 1. The first-order valence-electron chi connectivity index (χ1n) is 30.4. The number of ether oxygens (including phenoxy) is 1. The Labute approximate surface area is 419 Å². The van der Waals surface area contributed by atoms with E-state index in [-0.39, 0.29) is 18.5 Å². The molecule has 1 amide bonds. The van der Waals surface area contributed by atoms with Gasteiger partial charge in [-0.05, 0) is 51.4 Å². The Balaban J connectivity index is 3.47. The number of aliphatic hydroxyl groups is 2. The van der Waals surface area contributed by atoms with Gasteiger partial charge in [0.2, 0.25) is 5.91 Å². The predicted octanol–water partition coefficient (Wildman–Crippen LogP) is 18.9. The van der Waals surface area contributed by atoms with Crippen LogP contribution in [0.15, 0.2) is 12.2 Å². The lowest BCUT2D eigenvalue weighted by Gasteiger charge is -2.22. The summed E-state index contributed by atoms with van der Waals surface area (Å²) in [5, 5.41) is 23.3. The zero-order valence-electron chi connectivity index (χ0n) is 45.4. The van der Waals surface area contributed by atoms with E-state index in [1.54, 1.807) is 0 Å². The summed E-state index contributed by atoms with van der Waals surface area (Å²) in [6.07, 6.45) is 67.9. The zero-order valence-corrected chi connectivity index (χ0v) is 45.4. The van der Waals surface area contributed by atoms with Crippen molar-refractivity contribution in [1.82, 2.24) is 5.32 Å². The summed E-state index contributed by atoms with van der Waals surface area (Å²) in [7, 11) is 0. The zero-order chi connectivity index (χ0) is 48.6. The number of allylic oxidation sites excluding steroid dienone is 2. The van der Waals surface area contributed by atoms with E-state index in [4.69, 9.17) is 4.74 Å². The lowest BCUT2D eigenvalue weighted by molar-refractivity contribution is -0.143. The molecule has 2 atom stereocenters. The fraction of sp³-hybridized carbons (Fsp3) is 0.934. The minimum atomic E-state index is -0.682. The average Bonchev–Trinajstić information content (AvgIpc) is 3.33. The van der Waals surface area contributed by atoms with Crippen LogP contribution in [0.1, 0.15) is 341 Å². The smallest absolute Gasteiger partial charge is 0.305 e. The molecule has 0 aliphatic carbocycles. The molecule has 0 aromatic rings. The van der Waals surface area contributed by atoms with Crippen LogP contribution in [0.5, 0.6) is 0 Å². The lowest BCUT2D eigenvalue weighted by atomic mass is 10.0. The minimum Gasteiger partial charge on any atom is -0.466 e. The predicted molar refractivity (Wildman–Crippen MR) is 292 cm³/mol. The third-order valence-corrected chi connectivity index (χ3v) is 14.3. The molecule has 0 radical (unpaired) electrons. The molecule has 0 aliphatic heterocycles. The second-order valence-electron chi connectivity index (χ2n) is 21.0. The van der Waals surface area contributed by atoms with E-state index in [9.17, 15) is 19.8 Å². The van der Waals surface area contributed by atoms with Crippen molar-refractivity contribution < 1.29 is 24.5 Å². The average molecular weight is 947 g/mol. The van der Waals surface area contributed by atoms with Crippen molar-refractivity contribution >= 4 is 11.9 Å². The maximum atomic E-state index is 12.5. The van der Waals surface area contributed by atoms with E-state index >= 15 is 0 Å². The van der Waals surface area contributed by atoms with Gasteiger partial charge < -0.3 is 20.3 Å². The van der Waals surface area contributed by atoms with Crippen molar-refractivity contribution in [3.05, 3.63) is 12.2 Å². The maximum absolute atomic E-state index is 12.5. The van der Waals surface area contributed by atoms with Gasteiger partial charge in [0.25, 0.3) is 0 Å². The first-order valence-corrected chi connectivity index (χ1v) is 30.4. The number of carbonyl (C=O) groups is 2. The van der Waals surface area contributed by atoms with Gasteiger partial charge >= 0.3 is 5.97 Å². The van der Waals surface area contributed by atoms with Crippen molar-refractivity contribution in [1.29, 1.82) is 0 Å². The van der Waals surface area contributed by atoms with Gasteiger partial charge in [-0.1, -0.05) is 289 Å². The third-order valence-electron chi connectivity index (χ3n) is 14.3. The highest BCUT2D eigenvalue weighted by molar-refractivity contribution is 5.76. The number of unbranched alkanes of at least 4 members (excludes halogenated alkanes) is 44. The monoisotopic (exact) mass is 946 g/mol. The summed E-state index contributed by atoms with van der Waals surface area (Å²) in [6.45, 7) is 4.91. The number of hydrogen-bond donors (Lipinski definition) is 3. The van der Waals surface area contributed by atoms with Crippen LogP contribution in [0.25, 0.3) is 0 Å². The summed E-state index contributed by atoms with van der Waals surface area (Å²) < 4.78 is 5.46. The Bertz CT molecular complexity index is 1000. The fourth-order valence-electron chi connectivity index (χ4n) is 9.64. The van der Waals surface area contributed by atoms with Crippen LogP contribution >= 0.6 is 0 Å². The number of rotatable bonds is 57. The summed E-state index contributed by atoms with van der Waals surface area (Å²) in [5.41, 5.74) is 0. The molecule has 6 heteroatoms. The van der Waals surface area contributed by atoms with Crippen molar-refractivity contribution in [3.63, 3.8) is 0 Å². The number of aliphatic hydroxyl groups excluding tert-OH is 2. The molecule has 0 fully saturated rings. The molecular weight excluding hydrogens is 827 g/mol. The largest absolute Gasteiger partial charge is 0.466 e. The van der Waals surface area contributed by atoms with Crippen LogP contribution in [0.4, 0.5) is 0 Å². The van der Waals surface area contributed by atoms with Crippen molar-refractivity contribution in [3.8, 4) is 0 Å². The molecule has 0 aliphatic rings. The Hall–Kier alpha value is -1.40. The molecule has 67 heavy (non-hydrogen) atoms. The highest BCUT2D eigenvalue weighted by Crippen LogP contribution is 2.18. The summed E-state index contributed by atoms with van der Waals surface area (Å²) >= 11 is 0. The van der Waals surface area contributed by atoms with Gasteiger partial charge in [-0.2, -0.15) is 0 Å². The van der Waals surface area contributed by atoms with Crippen LogP contribution in [-0.2, 0) is 14.3 Å². The molecule has 0 bridgehead atoms. The van der Waals surface area contributed by atoms with Crippen molar-refractivity contribution in [2.24, 2.45) is 0 Å². The minimum absolute atomic E-state index is 0.0256. The molecule has 3 N–H and O–H groups in total. The van der Waals surface area contributed by atoms with Gasteiger partial charge in [0.05, 0.1) is 25.4 Å². The Morgan fingerprint density at radius 2 is 0.701 bits per heavy atom. The molecule has 0 rings (SSSR count). The van der Waals surface area contributed by atoms with Crippen LogP contribution in [0.3, 0.4) is 0 Å². The first-order chi connectivity index (χ1) is 33.0. The van der Waals surface area contributed by atoms with Crippen LogP contribution in [0, 0.1) is 0 Å². The van der Waals surface area contributed by atoms with Gasteiger partial charge in [-0.25, -0.2) is 0 Å². The number of carbonyl (C=O) groups excluding carboxylic acids is 2. The standard InChI is InChI=1S/C61H119NO5/c1-3-5-7-9-11-13-15-17-19-21-23-24-25-26-28-30-33-37-41-45-49-53-59(64)58(57-63)62-60(65)54-50-46-42-38-34-32-36-40-44-48-52-56-67-61(66)55-51-47-43-39-35-31-29-27-22-20-18-16-14-12-10-8-6-4-2/h36,40,58-59,63-64H,3-35,37-39,41-57H2,1-2H3,(H,62,65)/b40-36-. The molecule has 0 saturated carbocycles. The van der Waals surface area contributed by atoms with E-state index < -0.39 is 12.1 Å². The van der Waals surface area contributed by atoms with Crippen molar-refractivity contribution in [2.75, 3.05) is 13.2 Å². The van der Waals surface area contributed by atoms with Gasteiger partial charge in [0, 0.05) is 12.8 Å². The van der Waals surface area contributed by atoms with E-state index in [2.05, 4.69) is 31.3 Å². The molecular formula is C61H119NO5. The summed E-state index contributed by atoms with van der Waals surface area (Å²) in [4.78, 5) is 24.6. The Morgan fingerprint density at radius 1 is 0.403 bits per heavy atom. The van der Waals surface area contributed by atoms with Crippen LogP contribution < -0.4 is 5.32 Å². The van der Waals surface area contributed by atoms with E-state index in [1.165, 1.54) is 231 Å². The molecule has 2 unspecified atom stereocenters. The fourth-order valence-corrected chi connectivity index (χ4v) is 9.64. The summed E-state index contributed by atoms with van der Waals surface area (Å²) in [5.74, 6) is -0.0855. The first kappa shape index (κ1) is 65.6.